The molecule has 2 heterocycles. The van der Waals surface area contributed by atoms with Crippen LogP contribution in [0.4, 0.5) is 0 Å². The average Bonchev–Trinajstić information content (AvgIpc) is 2.39. The molecule has 0 amide bonds. The second kappa shape index (κ2) is 6.70. The smallest absolute Gasteiger partial charge is 0.115 e. The van der Waals surface area contributed by atoms with Crippen molar-refractivity contribution >= 4 is 0 Å². The number of fused-ring (bicyclic) bond motifs is 1. The number of aryl methyl sites for hydroxylation is 1. The number of rotatable bonds is 6. The fourth-order valence-corrected chi connectivity index (χ4v) is 2.44. The molecule has 3 nitrogen and oxygen atoms in total. The Hall–Kier alpha value is -0.960. The minimum absolute atomic E-state index is 0.959. The van der Waals surface area contributed by atoms with Gasteiger partial charge in [-0.3, -0.25) is 0 Å². The summed E-state index contributed by atoms with van der Waals surface area (Å²) in [6.45, 7) is 4.27. The van der Waals surface area contributed by atoms with Crippen LogP contribution < -0.4 is 5.32 Å². The summed E-state index contributed by atoms with van der Waals surface area (Å²) in [5.74, 6) is 0. The number of nitrogens with zero attached hydrogens (tertiary/aromatic N) is 2. The van der Waals surface area contributed by atoms with Gasteiger partial charge in [-0.25, -0.2) is 9.97 Å². The van der Waals surface area contributed by atoms with Crippen LogP contribution in [0.5, 0.6) is 0 Å². The number of aromatic nitrogens is 2. The first-order chi connectivity index (χ1) is 8.42. The molecule has 0 aliphatic carbocycles. The van der Waals surface area contributed by atoms with Gasteiger partial charge < -0.3 is 5.32 Å². The molecule has 0 unspecified atom stereocenters. The van der Waals surface area contributed by atoms with E-state index in [9.17, 15) is 0 Å². The summed E-state index contributed by atoms with van der Waals surface area (Å²) in [4.78, 5) is 8.85. The Morgan fingerprint density at radius 2 is 2.06 bits per heavy atom. The van der Waals surface area contributed by atoms with Crippen molar-refractivity contribution in [3.8, 4) is 0 Å². The van der Waals surface area contributed by atoms with Crippen molar-refractivity contribution < 1.29 is 0 Å². The van der Waals surface area contributed by atoms with Crippen LogP contribution in [0.15, 0.2) is 6.33 Å². The third-order valence-electron chi connectivity index (χ3n) is 3.48. The molecule has 1 aliphatic heterocycles. The monoisotopic (exact) mass is 233 g/mol. The summed E-state index contributed by atoms with van der Waals surface area (Å²) in [5.41, 5.74) is 3.91. The van der Waals surface area contributed by atoms with Gasteiger partial charge in [-0.05, 0) is 12.8 Å². The summed E-state index contributed by atoms with van der Waals surface area (Å²) in [6.07, 6.45) is 10.6. The van der Waals surface area contributed by atoms with E-state index in [1.807, 2.05) is 0 Å². The number of unbranched alkanes of at least 4 members (excludes halogenated alkanes) is 4. The van der Waals surface area contributed by atoms with Crippen LogP contribution in [0.2, 0.25) is 0 Å². The number of hydrogen-bond acceptors (Lipinski definition) is 3. The van der Waals surface area contributed by atoms with Crippen LogP contribution in [-0.4, -0.2) is 16.5 Å². The van der Waals surface area contributed by atoms with E-state index in [4.69, 9.17) is 0 Å². The Morgan fingerprint density at radius 3 is 2.94 bits per heavy atom. The van der Waals surface area contributed by atoms with Crippen LogP contribution in [-0.2, 0) is 19.4 Å². The van der Waals surface area contributed by atoms with Gasteiger partial charge in [-0.1, -0.05) is 32.6 Å². The van der Waals surface area contributed by atoms with Crippen molar-refractivity contribution in [2.45, 2.75) is 58.4 Å². The lowest BCUT2D eigenvalue weighted by Crippen LogP contribution is -2.26. The van der Waals surface area contributed by atoms with E-state index in [0.29, 0.717) is 0 Å². The van der Waals surface area contributed by atoms with Gasteiger partial charge in [0.2, 0.25) is 0 Å². The lowest BCUT2D eigenvalue weighted by Gasteiger charge is -2.18. The van der Waals surface area contributed by atoms with Crippen LogP contribution in [0.1, 0.15) is 56.0 Å². The van der Waals surface area contributed by atoms with Gasteiger partial charge in [0.15, 0.2) is 0 Å². The maximum atomic E-state index is 4.46. The third-order valence-corrected chi connectivity index (χ3v) is 3.48. The molecule has 0 saturated heterocycles. The van der Waals surface area contributed by atoms with Crippen molar-refractivity contribution in [2.75, 3.05) is 6.54 Å². The normalized spacial score (nSPS) is 14.6. The molecule has 17 heavy (non-hydrogen) atoms. The average molecular weight is 233 g/mol. The zero-order valence-corrected chi connectivity index (χ0v) is 10.8. The SMILES string of the molecule is CCCCCCCc1ncnc2c1CNCC2. The first-order valence-corrected chi connectivity index (χ1v) is 6.94. The first-order valence-electron chi connectivity index (χ1n) is 6.94. The maximum absolute atomic E-state index is 4.46. The molecule has 0 fully saturated rings. The molecular formula is C14H23N3. The first kappa shape index (κ1) is 12.5. The third kappa shape index (κ3) is 3.50. The fraction of sp³-hybridized carbons (Fsp3) is 0.714. The van der Waals surface area contributed by atoms with Crippen LogP contribution >= 0.6 is 0 Å². The Morgan fingerprint density at radius 1 is 1.18 bits per heavy atom. The molecule has 1 aromatic heterocycles. The molecule has 94 valence electrons. The van der Waals surface area contributed by atoms with Crippen LogP contribution in [0, 0.1) is 0 Å². The zero-order chi connectivity index (χ0) is 11.9. The maximum Gasteiger partial charge on any atom is 0.115 e. The Balaban J connectivity index is 1.87. The zero-order valence-electron chi connectivity index (χ0n) is 10.8. The molecule has 0 radical (unpaired) electrons. The van der Waals surface area contributed by atoms with E-state index < -0.39 is 0 Å². The highest BCUT2D eigenvalue weighted by molar-refractivity contribution is 5.26. The predicted octanol–water partition coefficient (Wildman–Crippen LogP) is 2.64. The fourth-order valence-electron chi connectivity index (χ4n) is 2.44. The van der Waals surface area contributed by atoms with Crippen molar-refractivity contribution in [1.29, 1.82) is 0 Å². The predicted molar refractivity (Wildman–Crippen MR) is 69.9 cm³/mol. The van der Waals surface area contributed by atoms with Gasteiger partial charge in [-0.15, -0.1) is 0 Å². The van der Waals surface area contributed by atoms with Gasteiger partial charge in [0.05, 0.1) is 0 Å². The number of nitrogens with one attached hydrogen (secondary N) is 1. The summed E-state index contributed by atoms with van der Waals surface area (Å²) in [5, 5.41) is 3.41. The molecule has 2 rings (SSSR count). The van der Waals surface area contributed by atoms with Gasteiger partial charge >= 0.3 is 0 Å². The van der Waals surface area contributed by atoms with E-state index in [0.717, 1.165) is 25.9 Å². The topological polar surface area (TPSA) is 37.8 Å². The quantitative estimate of drug-likeness (QED) is 0.768. The van der Waals surface area contributed by atoms with Crippen molar-refractivity contribution in [1.82, 2.24) is 15.3 Å². The Bertz CT molecular complexity index is 349. The molecule has 0 bridgehead atoms. The Kier molecular flexibility index (Phi) is 4.92. The van der Waals surface area contributed by atoms with Gasteiger partial charge in [0.25, 0.3) is 0 Å². The highest BCUT2D eigenvalue weighted by atomic mass is 14.9. The number of hydrogen-bond donors (Lipinski definition) is 1. The van der Waals surface area contributed by atoms with Gasteiger partial charge in [0.1, 0.15) is 6.33 Å². The molecule has 0 atom stereocenters. The largest absolute Gasteiger partial charge is 0.312 e. The summed E-state index contributed by atoms with van der Waals surface area (Å²) < 4.78 is 0. The van der Waals surface area contributed by atoms with E-state index in [-0.39, 0.29) is 0 Å². The van der Waals surface area contributed by atoms with E-state index in [2.05, 4.69) is 22.2 Å². The second-order valence-electron chi connectivity index (χ2n) is 4.84. The Labute approximate surface area is 104 Å². The van der Waals surface area contributed by atoms with Crippen LogP contribution in [0.3, 0.4) is 0 Å². The van der Waals surface area contributed by atoms with E-state index in [1.165, 1.54) is 49.1 Å². The van der Waals surface area contributed by atoms with Crippen LogP contribution in [0.25, 0.3) is 0 Å². The van der Waals surface area contributed by atoms with Gasteiger partial charge in [0, 0.05) is 36.5 Å². The van der Waals surface area contributed by atoms with Gasteiger partial charge in [-0.2, -0.15) is 0 Å². The minimum Gasteiger partial charge on any atom is -0.312 e. The highest BCUT2D eigenvalue weighted by Gasteiger charge is 2.14. The molecule has 0 spiro atoms. The minimum atomic E-state index is 0.959. The van der Waals surface area contributed by atoms with Crippen molar-refractivity contribution in [3.05, 3.63) is 23.3 Å². The van der Waals surface area contributed by atoms with Crippen molar-refractivity contribution in [3.63, 3.8) is 0 Å². The molecule has 0 saturated carbocycles. The molecule has 1 N–H and O–H groups in total. The summed E-state index contributed by atoms with van der Waals surface area (Å²) in [7, 11) is 0. The van der Waals surface area contributed by atoms with Crippen molar-refractivity contribution in [2.24, 2.45) is 0 Å². The molecule has 1 aromatic rings. The lowest BCUT2D eigenvalue weighted by atomic mass is 10.0. The summed E-state index contributed by atoms with van der Waals surface area (Å²) >= 11 is 0. The van der Waals surface area contributed by atoms with E-state index in [1.54, 1.807) is 6.33 Å². The highest BCUT2D eigenvalue weighted by Crippen LogP contribution is 2.16. The lowest BCUT2D eigenvalue weighted by molar-refractivity contribution is 0.597. The molecule has 0 aromatic carbocycles. The van der Waals surface area contributed by atoms with E-state index >= 15 is 0 Å². The molecule has 3 heteroatoms. The summed E-state index contributed by atoms with van der Waals surface area (Å²) in [6, 6.07) is 0. The molecular weight excluding hydrogens is 210 g/mol. The standard InChI is InChI=1S/C14H23N3/c1-2-3-4-5-6-7-13-12-10-15-9-8-14(12)17-11-16-13/h11,15H,2-10H2,1H3. The second-order valence-corrected chi connectivity index (χ2v) is 4.84. The molecule has 1 aliphatic rings.